The summed E-state index contributed by atoms with van der Waals surface area (Å²) in [6, 6.07) is 0. The van der Waals surface area contributed by atoms with Crippen LogP contribution in [0.1, 0.15) is 38.5 Å². The van der Waals surface area contributed by atoms with Crippen molar-refractivity contribution in [2.24, 2.45) is 23.2 Å². The Hall–Kier alpha value is -0.760. The lowest BCUT2D eigenvalue weighted by atomic mass is 9.70. The van der Waals surface area contributed by atoms with Crippen LogP contribution in [0, 0.1) is 23.2 Å². The van der Waals surface area contributed by atoms with Crippen LogP contribution in [0.25, 0.3) is 0 Å². The maximum absolute atomic E-state index is 9.31. The first-order valence-corrected chi connectivity index (χ1v) is 7.41. The highest BCUT2D eigenvalue weighted by Crippen LogP contribution is 2.64. The maximum atomic E-state index is 9.31. The lowest BCUT2D eigenvalue weighted by molar-refractivity contribution is -0.0155. The number of hydrogen-bond donors (Lipinski definition) is 1. The molecule has 18 heavy (non-hydrogen) atoms. The van der Waals surface area contributed by atoms with Gasteiger partial charge in [0.05, 0.1) is 12.7 Å². The lowest BCUT2D eigenvalue weighted by Gasteiger charge is -2.38. The molecule has 4 bridgehead atoms. The van der Waals surface area contributed by atoms with Crippen molar-refractivity contribution in [3.05, 3.63) is 24.0 Å². The number of aliphatic hydroxyl groups excluding tert-OH is 1. The Balaban J connectivity index is 1.37. The summed E-state index contributed by atoms with van der Waals surface area (Å²) in [4.78, 5) is 0. The van der Waals surface area contributed by atoms with Crippen LogP contribution in [0.5, 0.6) is 0 Å². The molecular weight excluding hydrogens is 224 g/mol. The Morgan fingerprint density at radius 1 is 1.22 bits per heavy atom. The smallest absolute Gasteiger partial charge is 0.111 e. The summed E-state index contributed by atoms with van der Waals surface area (Å²) >= 11 is 0. The predicted molar refractivity (Wildman–Crippen MR) is 70.2 cm³/mol. The number of ether oxygens (including phenoxy) is 1. The molecule has 5 aliphatic carbocycles. The fraction of sp³-hybridized carbons (Fsp3) is 0.750. The van der Waals surface area contributed by atoms with Crippen LogP contribution >= 0.6 is 0 Å². The van der Waals surface area contributed by atoms with Crippen LogP contribution in [0.2, 0.25) is 0 Å². The molecule has 0 radical (unpaired) electrons. The topological polar surface area (TPSA) is 29.5 Å². The normalized spacial score (nSPS) is 48.8. The van der Waals surface area contributed by atoms with Gasteiger partial charge in [0.1, 0.15) is 5.76 Å². The zero-order valence-corrected chi connectivity index (χ0v) is 10.8. The molecule has 0 saturated heterocycles. The number of hydrogen-bond acceptors (Lipinski definition) is 2. The summed E-state index contributed by atoms with van der Waals surface area (Å²) in [6.45, 7) is 0.945. The molecule has 4 saturated carbocycles. The molecule has 1 N–H and O–H groups in total. The lowest BCUT2D eigenvalue weighted by Crippen LogP contribution is -2.33. The number of allylic oxidation sites excluding steroid dienone is 1. The molecule has 0 heterocycles. The summed E-state index contributed by atoms with van der Waals surface area (Å²) in [5, 5.41) is 9.31. The first-order chi connectivity index (χ1) is 8.72. The molecule has 2 heteroatoms. The third-order valence-corrected chi connectivity index (χ3v) is 5.70. The van der Waals surface area contributed by atoms with E-state index < -0.39 is 0 Å². The molecule has 3 atom stereocenters. The van der Waals surface area contributed by atoms with E-state index in [1.54, 1.807) is 6.08 Å². The largest absolute Gasteiger partial charge is 0.508 e. The second kappa shape index (κ2) is 3.86. The van der Waals surface area contributed by atoms with Gasteiger partial charge < -0.3 is 9.84 Å². The van der Waals surface area contributed by atoms with Crippen LogP contribution < -0.4 is 0 Å². The average Bonchev–Trinajstić information content (AvgIpc) is 2.77. The van der Waals surface area contributed by atoms with Gasteiger partial charge in [0.25, 0.3) is 0 Å². The standard InChI is InChI=1S/C16H22O2/c17-14-1-3-15(4-2-14)18-10-16-7-11-5-12(8-16)13(6-11)9-16/h1-3,11-13,15,17H,4-10H2. The van der Waals surface area contributed by atoms with Gasteiger partial charge in [-0.2, -0.15) is 0 Å². The maximum Gasteiger partial charge on any atom is 0.111 e. The van der Waals surface area contributed by atoms with E-state index in [0.717, 1.165) is 30.8 Å². The second-order valence-corrected chi connectivity index (χ2v) is 7.04. The van der Waals surface area contributed by atoms with E-state index in [4.69, 9.17) is 4.74 Å². The number of rotatable bonds is 3. The molecule has 0 aromatic carbocycles. The molecule has 0 aromatic rings. The molecule has 0 aliphatic heterocycles. The predicted octanol–water partition coefficient (Wildman–Crippen LogP) is 3.60. The van der Waals surface area contributed by atoms with Gasteiger partial charge in [-0.3, -0.25) is 0 Å². The Morgan fingerprint density at radius 3 is 2.61 bits per heavy atom. The van der Waals surface area contributed by atoms with Crippen molar-refractivity contribution in [2.45, 2.75) is 44.6 Å². The van der Waals surface area contributed by atoms with Crippen LogP contribution in [-0.2, 0) is 4.74 Å². The molecule has 0 amide bonds. The Kier molecular flexibility index (Phi) is 2.38. The van der Waals surface area contributed by atoms with Crippen LogP contribution in [-0.4, -0.2) is 17.8 Å². The molecule has 5 aliphatic rings. The molecule has 5 rings (SSSR count). The summed E-state index contributed by atoms with van der Waals surface area (Å²) < 4.78 is 6.12. The van der Waals surface area contributed by atoms with Crippen LogP contribution in [0.3, 0.4) is 0 Å². The van der Waals surface area contributed by atoms with Crippen molar-refractivity contribution in [1.29, 1.82) is 0 Å². The molecule has 0 aromatic heterocycles. The summed E-state index contributed by atoms with van der Waals surface area (Å²) in [5.74, 6) is 3.45. The van der Waals surface area contributed by atoms with E-state index in [-0.39, 0.29) is 6.10 Å². The van der Waals surface area contributed by atoms with Gasteiger partial charge >= 0.3 is 0 Å². The molecule has 0 spiro atoms. The second-order valence-electron chi connectivity index (χ2n) is 7.04. The van der Waals surface area contributed by atoms with E-state index in [1.807, 2.05) is 12.2 Å². The molecule has 2 nitrogen and oxygen atoms in total. The first kappa shape index (κ1) is 11.1. The molecule has 3 unspecified atom stereocenters. The number of aliphatic hydroxyl groups is 1. The zero-order chi connectivity index (χ0) is 12.2. The van der Waals surface area contributed by atoms with Gasteiger partial charge in [0.2, 0.25) is 0 Å². The van der Waals surface area contributed by atoms with Crippen molar-refractivity contribution in [3.8, 4) is 0 Å². The highest BCUT2D eigenvalue weighted by Gasteiger charge is 2.55. The molecule has 98 valence electrons. The first-order valence-electron chi connectivity index (χ1n) is 7.41. The fourth-order valence-corrected chi connectivity index (χ4v) is 5.15. The third-order valence-electron chi connectivity index (χ3n) is 5.70. The Labute approximate surface area is 109 Å². The monoisotopic (exact) mass is 246 g/mol. The van der Waals surface area contributed by atoms with E-state index in [1.165, 1.54) is 32.1 Å². The zero-order valence-electron chi connectivity index (χ0n) is 10.8. The van der Waals surface area contributed by atoms with Crippen molar-refractivity contribution < 1.29 is 9.84 Å². The van der Waals surface area contributed by atoms with Crippen molar-refractivity contribution in [2.75, 3.05) is 6.61 Å². The minimum absolute atomic E-state index is 0.188. The van der Waals surface area contributed by atoms with Crippen molar-refractivity contribution in [1.82, 2.24) is 0 Å². The SMILES string of the molecule is OC1=CCC(OCC23CC4CC(C2)C(C4)C3)C=C1. The fourth-order valence-electron chi connectivity index (χ4n) is 5.15. The Morgan fingerprint density at radius 2 is 2.00 bits per heavy atom. The minimum atomic E-state index is 0.188. The van der Waals surface area contributed by atoms with Gasteiger partial charge in [-0.05, 0) is 73.8 Å². The highest BCUT2D eigenvalue weighted by molar-refractivity contribution is 5.18. The summed E-state index contributed by atoms with van der Waals surface area (Å²) in [5.41, 5.74) is 0.521. The van der Waals surface area contributed by atoms with Gasteiger partial charge in [-0.15, -0.1) is 0 Å². The van der Waals surface area contributed by atoms with Gasteiger partial charge in [-0.25, -0.2) is 0 Å². The van der Waals surface area contributed by atoms with Gasteiger partial charge in [0, 0.05) is 0 Å². The Bertz CT molecular complexity index is 390. The quantitative estimate of drug-likeness (QED) is 0.824. The van der Waals surface area contributed by atoms with Crippen molar-refractivity contribution >= 4 is 0 Å². The summed E-state index contributed by atoms with van der Waals surface area (Å²) in [7, 11) is 0. The van der Waals surface area contributed by atoms with Crippen LogP contribution in [0.4, 0.5) is 0 Å². The molecular formula is C16H22O2. The van der Waals surface area contributed by atoms with Gasteiger partial charge in [-0.1, -0.05) is 6.08 Å². The van der Waals surface area contributed by atoms with Crippen molar-refractivity contribution in [3.63, 3.8) is 0 Å². The van der Waals surface area contributed by atoms with E-state index in [2.05, 4.69) is 0 Å². The van der Waals surface area contributed by atoms with E-state index >= 15 is 0 Å². The average molecular weight is 246 g/mol. The molecule has 4 fully saturated rings. The summed E-state index contributed by atoms with van der Waals surface area (Å²) in [6.07, 6.45) is 13.9. The van der Waals surface area contributed by atoms with E-state index in [9.17, 15) is 5.11 Å². The van der Waals surface area contributed by atoms with E-state index in [0.29, 0.717) is 11.2 Å². The van der Waals surface area contributed by atoms with Crippen LogP contribution in [0.15, 0.2) is 24.0 Å². The minimum Gasteiger partial charge on any atom is -0.508 e. The third kappa shape index (κ3) is 1.73. The van der Waals surface area contributed by atoms with Gasteiger partial charge in [0.15, 0.2) is 0 Å². The highest BCUT2D eigenvalue weighted by atomic mass is 16.5.